The SMILES string of the molecule is CC(C)c1cccc(C(C)C)c1NC(=O)N(CCO)CCO. The molecule has 0 atom stereocenters. The van der Waals surface area contributed by atoms with E-state index in [1.807, 2.05) is 18.2 Å². The van der Waals surface area contributed by atoms with Crippen LogP contribution in [0.3, 0.4) is 0 Å². The summed E-state index contributed by atoms with van der Waals surface area (Å²) >= 11 is 0. The Morgan fingerprint density at radius 2 is 1.50 bits per heavy atom. The standard InChI is InChI=1S/C17H28N2O3/c1-12(2)14-6-5-7-15(13(3)4)16(14)18-17(22)19(8-10-20)9-11-21/h5-7,12-13,20-21H,8-11H2,1-4H3,(H,18,22). The maximum absolute atomic E-state index is 12.4. The smallest absolute Gasteiger partial charge is 0.322 e. The summed E-state index contributed by atoms with van der Waals surface area (Å²) in [7, 11) is 0. The Morgan fingerprint density at radius 1 is 1.05 bits per heavy atom. The van der Waals surface area contributed by atoms with Gasteiger partial charge in [0.15, 0.2) is 0 Å². The van der Waals surface area contributed by atoms with Crippen molar-refractivity contribution in [2.75, 3.05) is 31.6 Å². The average Bonchev–Trinajstić information content (AvgIpc) is 2.46. The third kappa shape index (κ3) is 4.71. The fourth-order valence-corrected chi connectivity index (χ4v) is 2.44. The topological polar surface area (TPSA) is 72.8 Å². The lowest BCUT2D eigenvalue weighted by Crippen LogP contribution is -2.39. The number of carbonyl (C=O) groups excluding carboxylic acids is 1. The van der Waals surface area contributed by atoms with Gasteiger partial charge in [-0.1, -0.05) is 45.9 Å². The Morgan fingerprint density at radius 3 is 1.86 bits per heavy atom. The predicted octanol–water partition coefficient (Wildman–Crippen LogP) is 2.75. The van der Waals surface area contributed by atoms with Crippen LogP contribution in [0.4, 0.5) is 10.5 Å². The highest BCUT2D eigenvalue weighted by molar-refractivity contribution is 5.91. The first-order valence-electron chi connectivity index (χ1n) is 7.82. The van der Waals surface area contributed by atoms with E-state index in [-0.39, 0.29) is 44.2 Å². The summed E-state index contributed by atoms with van der Waals surface area (Å²) in [5.74, 6) is 0.580. The van der Waals surface area contributed by atoms with Gasteiger partial charge in [0.05, 0.1) is 13.2 Å². The molecule has 5 heteroatoms. The Balaban J connectivity index is 3.11. The molecule has 0 unspecified atom stereocenters. The number of hydrogen-bond acceptors (Lipinski definition) is 3. The lowest BCUT2D eigenvalue weighted by atomic mass is 9.93. The zero-order chi connectivity index (χ0) is 16.7. The molecule has 0 radical (unpaired) electrons. The predicted molar refractivity (Wildman–Crippen MR) is 89.4 cm³/mol. The van der Waals surface area contributed by atoms with Gasteiger partial charge < -0.3 is 20.4 Å². The molecule has 0 saturated carbocycles. The van der Waals surface area contributed by atoms with Crippen LogP contribution in [0.25, 0.3) is 0 Å². The molecule has 1 aromatic carbocycles. The molecule has 0 bridgehead atoms. The van der Waals surface area contributed by atoms with Crippen LogP contribution in [0.2, 0.25) is 0 Å². The molecule has 0 aromatic heterocycles. The van der Waals surface area contributed by atoms with E-state index in [1.54, 1.807) is 0 Å². The van der Waals surface area contributed by atoms with Crippen molar-refractivity contribution in [3.05, 3.63) is 29.3 Å². The molecular weight excluding hydrogens is 280 g/mol. The number of anilines is 1. The van der Waals surface area contributed by atoms with Gasteiger partial charge in [-0.25, -0.2) is 4.79 Å². The molecule has 1 aromatic rings. The maximum atomic E-state index is 12.4. The van der Waals surface area contributed by atoms with Crippen LogP contribution in [-0.2, 0) is 0 Å². The van der Waals surface area contributed by atoms with Crippen molar-refractivity contribution in [1.29, 1.82) is 0 Å². The number of urea groups is 1. The number of para-hydroxylation sites is 1. The Kier molecular flexibility index (Phi) is 7.35. The number of amides is 2. The highest BCUT2D eigenvalue weighted by Gasteiger charge is 2.19. The summed E-state index contributed by atoms with van der Waals surface area (Å²) in [6.45, 7) is 8.51. The summed E-state index contributed by atoms with van der Waals surface area (Å²) < 4.78 is 0. The fourth-order valence-electron chi connectivity index (χ4n) is 2.44. The molecule has 0 aliphatic carbocycles. The van der Waals surface area contributed by atoms with Gasteiger partial charge in [0.25, 0.3) is 0 Å². The first-order chi connectivity index (χ1) is 10.4. The molecule has 0 heterocycles. The van der Waals surface area contributed by atoms with Crippen molar-refractivity contribution in [2.24, 2.45) is 0 Å². The minimum Gasteiger partial charge on any atom is -0.395 e. The summed E-state index contributed by atoms with van der Waals surface area (Å²) in [6, 6.07) is 5.76. The van der Waals surface area contributed by atoms with Crippen LogP contribution in [0.1, 0.15) is 50.7 Å². The normalized spacial score (nSPS) is 11.1. The van der Waals surface area contributed by atoms with E-state index in [1.165, 1.54) is 4.90 Å². The number of rotatable bonds is 7. The number of aliphatic hydroxyl groups excluding tert-OH is 2. The summed E-state index contributed by atoms with van der Waals surface area (Å²) in [4.78, 5) is 13.9. The zero-order valence-corrected chi connectivity index (χ0v) is 14.0. The molecule has 124 valence electrons. The third-order valence-electron chi connectivity index (χ3n) is 3.63. The van der Waals surface area contributed by atoms with Gasteiger partial charge >= 0.3 is 6.03 Å². The molecule has 0 saturated heterocycles. The highest BCUT2D eigenvalue weighted by atomic mass is 16.3. The average molecular weight is 308 g/mol. The molecule has 3 N–H and O–H groups in total. The van der Waals surface area contributed by atoms with E-state index in [4.69, 9.17) is 10.2 Å². The van der Waals surface area contributed by atoms with E-state index in [0.29, 0.717) is 0 Å². The third-order valence-corrected chi connectivity index (χ3v) is 3.63. The van der Waals surface area contributed by atoms with Gasteiger partial charge in [0.1, 0.15) is 0 Å². The lowest BCUT2D eigenvalue weighted by Gasteiger charge is -2.25. The Labute approximate surface area is 133 Å². The number of carbonyl (C=O) groups is 1. The molecular formula is C17H28N2O3. The van der Waals surface area contributed by atoms with Gasteiger partial charge in [-0.15, -0.1) is 0 Å². The molecule has 0 spiro atoms. The van der Waals surface area contributed by atoms with Crippen LogP contribution in [0, 0.1) is 0 Å². The van der Waals surface area contributed by atoms with Crippen LogP contribution in [0.5, 0.6) is 0 Å². The molecule has 5 nitrogen and oxygen atoms in total. The number of nitrogens with one attached hydrogen (secondary N) is 1. The molecule has 1 rings (SSSR count). The molecule has 2 amide bonds. The summed E-state index contributed by atoms with van der Waals surface area (Å²) in [5, 5.41) is 21.1. The van der Waals surface area contributed by atoms with E-state index < -0.39 is 0 Å². The first kappa shape index (κ1) is 18.5. The van der Waals surface area contributed by atoms with Crippen molar-refractivity contribution < 1.29 is 15.0 Å². The van der Waals surface area contributed by atoms with E-state index >= 15 is 0 Å². The van der Waals surface area contributed by atoms with Crippen molar-refractivity contribution in [3.63, 3.8) is 0 Å². The van der Waals surface area contributed by atoms with Crippen LogP contribution in [0.15, 0.2) is 18.2 Å². The van der Waals surface area contributed by atoms with Crippen LogP contribution < -0.4 is 5.32 Å². The van der Waals surface area contributed by atoms with Crippen molar-refractivity contribution in [1.82, 2.24) is 4.90 Å². The fraction of sp³-hybridized carbons (Fsp3) is 0.588. The molecule has 0 aliphatic heterocycles. The van der Waals surface area contributed by atoms with Crippen LogP contribution >= 0.6 is 0 Å². The van der Waals surface area contributed by atoms with E-state index in [9.17, 15) is 4.79 Å². The van der Waals surface area contributed by atoms with E-state index in [0.717, 1.165) is 16.8 Å². The van der Waals surface area contributed by atoms with Crippen molar-refractivity contribution in [3.8, 4) is 0 Å². The monoisotopic (exact) mass is 308 g/mol. The van der Waals surface area contributed by atoms with Gasteiger partial charge in [-0.05, 0) is 23.0 Å². The first-order valence-corrected chi connectivity index (χ1v) is 7.82. The second kappa shape index (κ2) is 8.76. The van der Waals surface area contributed by atoms with Gasteiger partial charge in [-0.2, -0.15) is 0 Å². The quantitative estimate of drug-likeness (QED) is 0.725. The summed E-state index contributed by atoms with van der Waals surface area (Å²) in [5.41, 5.74) is 3.03. The summed E-state index contributed by atoms with van der Waals surface area (Å²) in [6.07, 6.45) is 0. The molecule has 0 aliphatic rings. The van der Waals surface area contributed by atoms with Gasteiger partial charge in [0, 0.05) is 18.8 Å². The second-order valence-corrected chi connectivity index (χ2v) is 5.99. The number of benzene rings is 1. The minimum atomic E-state index is -0.293. The number of nitrogens with zero attached hydrogens (tertiary/aromatic N) is 1. The highest BCUT2D eigenvalue weighted by Crippen LogP contribution is 2.32. The Hall–Kier alpha value is -1.59. The number of aliphatic hydroxyl groups is 2. The van der Waals surface area contributed by atoms with Crippen molar-refractivity contribution >= 4 is 11.7 Å². The lowest BCUT2D eigenvalue weighted by molar-refractivity contribution is 0.167. The largest absolute Gasteiger partial charge is 0.395 e. The van der Waals surface area contributed by atoms with Gasteiger partial charge in [-0.3, -0.25) is 0 Å². The second-order valence-electron chi connectivity index (χ2n) is 5.99. The Bertz CT molecular complexity index is 455. The minimum absolute atomic E-state index is 0.129. The van der Waals surface area contributed by atoms with Crippen LogP contribution in [-0.4, -0.2) is 47.4 Å². The van der Waals surface area contributed by atoms with Crippen molar-refractivity contribution in [2.45, 2.75) is 39.5 Å². The van der Waals surface area contributed by atoms with Gasteiger partial charge in [0.2, 0.25) is 0 Å². The van der Waals surface area contributed by atoms with E-state index in [2.05, 4.69) is 33.0 Å². The molecule has 22 heavy (non-hydrogen) atoms. The molecule has 0 fully saturated rings. The zero-order valence-electron chi connectivity index (χ0n) is 14.0. The number of hydrogen-bond donors (Lipinski definition) is 3. The maximum Gasteiger partial charge on any atom is 0.322 e.